The van der Waals surface area contributed by atoms with Crippen LogP contribution in [0.5, 0.6) is 5.75 Å². The van der Waals surface area contributed by atoms with Crippen LogP contribution in [-0.4, -0.2) is 13.7 Å². The van der Waals surface area contributed by atoms with Gasteiger partial charge in [0.05, 0.1) is 12.7 Å². The minimum atomic E-state index is 0.291. The molecule has 0 saturated heterocycles. The number of ether oxygens (including phenoxy) is 2. The maximum atomic E-state index is 5.56. The number of hydrogen-bond acceptors (Lipinski definition) is 2. The van der Waals surface area contributed by atoms with E-state index in [1.54, 1.807) is 7.11 Å². The largest absolute Gasteiger partial charge is 0.493 e. The Kier molecular flexibility index (Phi) is 1.77. The minimum Gasteiger partial charge on any atom is -0.493 e. The highest BCUT2D eigenvalue weighted by molar-refractivity contribution is 5.47. The van der Waals surface area contributed by atoms with E-state index >= 15 is 0 Å². The molecule has 0 bridgehead atoms. The van der Waals surface area contributed by atoms with Crippen molar-refractivity contribution in [3.8, 4) is 5.75 Å². The average Bonchev–Trinajstić information content (AvgIpc) is 2.78. The molecule has 0 aromatic heterocycles. The van der Waals surface area contributed by atoms with Crippen LogP contribution in [0.2, 0.25) is 0 Å². The zero-order chi connectivity index (χ0) is 9.54. The molecule has 1 heterocycles. The summed E-state index contributed by atoms with van der Waals surface area (Å²) in [4.78, 5) is 0. The van der Waals surface area contributed by atoms with Gasteiger partial charge in [-0.3, -0.25) is 0 Å². The van der Waals surface area contributed by atoms with Gasteiger partial charge >= 0.3 is 0 Å². The first-order valence-electron chi connectivity index (χ1n) is 5.20. The molecule has 1 aromatic rings. The zero-order valence-electron chi connectivity index (χ0n) is 8.38. The molecular formula is C12H14O2. The summed E-state index contributed by atoms with van der Waals surface area (Å²) in [6.07, 6.45) is 3.63. The van der Waals surface area contributed by atoms with E-state index in [9.17, 15) is 0 Å². The molecule has 0 spiro atoms. The summed E-state index contributed by atoms with van der Waals surface area (Å²) in [6.45, 7) is 0.843. The van der Waals surface area contributed by atoms with Gasteiger partial charge < -0.3 is 9.47 Å². The first-order valence-corrected chi connectivity index (χ1v) is 5.20. The predicted molar refractivity (Wildman–Crippen MR) is 53.7 cm³/mol. The highest BCUT2D eigenvalue weighted by Crippen LogP contribution is 2.39. The van der Waals surface area contributed by atoms with Gasteiger partial charge in [0, 0.05) is 13.5 Å². The monoisotopic (exact) mass is 190 g/mol. The smallest absolute Gasteiger partial charge is 0.123 e. The fourth-order valence-corrected chi connectivity index (χ4v) is 2.50. The number of rotatable bonds is 1. The van der Waals surface area contributed by atoms with E-state index < -0.39 is 0 Å². The summed E-state index contributed by atoms with van der Waals surface area (Å²) >= 11 is 0. The normalized spacial score (nSPS) is 23.1. The van der Waals surface area contributed by atoms with Crippen molar-refractivity contribution in [2.75, 3.05) is 13.7 Å². The van der Waals surface area contributed by atoms with Gasteiger partial charge in [0.25, 0.3) is 0 Å². The highest BCUT2D eigenvalue weighted by Gasteiger charge is 2.25. The van der Waals surface area contributed by atoms with Crippen LogP contribution < -0.4 is 4.74 Å². The van der Waals surface area contributed by atoms with Crippen LogP contribution in [0.4, 0.5) is 0 Å². The fourth-order valence-electron chi connectivity index (χ4n) is 2.50. The van der Waals surface area contributed by atoms with E-state index in [0.29, 0.717) is 6.10 Å². The maximum absolute atomic E-state index is 5.56. The van der Waals surface area contributed by atoms with Crippen LogP contribution in [0, 0.1) is 0 Å². The molecule has 1 aliphatic heterocycles. The van der Waals surface area contributed by atoms with Crippen LogP contribution in [0.3, 0.4) is 0 Å². The zero-order valence-corrected chi connectivity index (χ0v) is 8.38. The molecule has 74 valence electrons. The van der Waals surface area contributed by atoms with E-state index in [0.717, 1.165) is 31.6 Å². The van der Waals surface area contributed by atoms with Crippen molar-refractivity contribution in [3.63, 3.8) is 0 Å². The van der Waals surface area contributed by atoms with Crippen molar-refractivity contribution in [3.05, 3.63) is 28.8 Å². The first-order chi connectivity index (χ1) is 6.88. The Morgan fingerprint density at radius 3 is 3.07 bits per heavy atom. The molecule has 1 unspecified atom stereocenters. The van der Waals surface area contributed by atoms with Gasteiger partial charge in [-0.05, 0) is 35.6 Å². The van der Waals surface area contributed by atoms with Gasteiger partial charge in [0.15, 0.2) is 0 Å². The SMILES string of the molecule is COC1CCc2cc3c(cc21)OCC3. The van der Waals surface area contributed by atoms with Crippen molar-refractivity contribution < 1.29 is 9.47 Å². The molecule has 14 heavy (non-hydrogen) atoms. The first kappa shape index (κ1) is 8.30. The van der Waals surface area contributed by atoms with Gasteiger partial charge in [0.1, 0.15) is 5.75 Å². The van der Waals surface area contributed by atoms with E-state index in [2.05, 4.69) is 12.1 Å². The summed E-state index contributed by atoms with van der Waals surface area (Å²) < 4.78 is 11.0. The molecule has 0 saturated carbocycles. The molecule has 0 radical (unpaired) electrons. The molecule has 1 atom stereocenters. The Hall–Kier alpha value is -1.02. The molecule has 0 fully saturated rings. The van der Waals surface area contributed by atoms with E-state index in [1.165, 1.54) is 16.7 Å². The van der Waals surface area contributed by atoms with Crippen LogP contribution in [0.1, 0.15) is 29.2 Å². The van der Waals surface area contributed by atoms with Gasteiger partial charge in [-0.2, -0.15) is 0 Å². The lowest BCUT2D eigenvalue weighted by Crippen LogP contribution is -1.95. The predicted octanol–water partition coefficient (Wildman–Crippen LogP) is 2.26. The van der Waals surface area contributed by atoms with Crippen molar-refractivity contribution in [1.82, 2.24) is 0 Å². The third-order valence-corrected chi connectivity index (χ3v) is 3.26. The molecule has 1 aliphatic carbocycles. The van der Waals surface area contributed by atoms with Crippen molar-refractivity contribution in [2.24, 2.45) is 0 Å². The topological polar surface area (TPSA) is 18.5 Å². The molecular weight excluding hydrogens is 176 g/mol. The minimum absolute atomic E-state index is 0.291. The summed E-state index contributed by atoms with van der Waals surface area (Å²) in [5.74, 6) is 1.08. The van der Waals surface area contributed by atoms with Crippen molar-refractivity contribution in [1.29, 1.82) is 0 Å². The Bertz CT molecular complexity index is 371. The Balaban J connectivity index is 2.09. The summed E-state index contributed by atoms with van der Waals surface area (Å²) in [5.41, 5.74) is 4.18. The van der Waals surface area contributed by atoms with E-state index in [1.807, 2.05) is 0 Å². The third kappa shape index (κ3) is 1.07. The van der Waals surface area contributed by atoms with Crippen molar-refractivity contribution >= 4 is 0 Å². The van der Waals surface area contributed by atoms with Gasteiger partial charge in [0.2, 0.25) is 0 Å². The molecule has 2 heteroatoms. The van der Waals surface area contributed by atoms with Crippen LogP contribution in [0.15, 0.2) is 12.1 Å². The van der Waals surface area contributed by atoms with E-state index in [4.69, 9.17) is 9.47 Å². The Morgan fingerprint density at radius 1 is 1.29 bits per heavy atom. The van der Waals surface area contributed by atoms with Crippen LogP contribution in [0.25, 0.3) is 0 Å². The summed E-state index contributed by atoms with van der Waals surface area (Å²) in [7, 11) is 1.79. The van der Waals surface area contributed by atoms with Gasteiger partial charge in [-0.1, -0.05) is 6.07 Å². The number of methoxy groups -OCH3 is 1. The highest BCUT2D eigenvalue weighted by atomic mass is 16.5. The molecule has 0 N–H and O–H groups in total. The average molecular weight is 190 g/mol. The molecule has 2 nitrogen and oxygen atoms in total. The fraction of sp³-hybridized carbons (Fsp3) is 0.500. The lowest BCUT2D eigenvalue weighted by atomic mass is 10.0. The van der Waals surface area contributed by atoms with Crippen molar-refractivity contribution in [2.45, 2.75) is 25.4 Å². The lowest BCUT2D eigenvalue weighted by Gasteiger charge is -2.10. The lowest BCUT2D eigenvalue weighted by molar-refractivity contribution is 0.105. The maximum Gasteiger partial charge on any atom is 0.123 e. The molecule has 0 amide bonds. The molecule has 1 aromatic carbocycles. The second-order valence-corrected chi connectivity index (χ2v) is 4.02. The standard InChI is InChI=1S/C12H14O2/c1-13-11-3-2-8-6-9-4-5-14-12(9)7-10(8)11/h6-7,11H,2-5H2,1H3. The summed E-state index contributed by atoms with van der Waals surface area (Å²) in [6, 6.07) is 4.48. The van der Waals surface area contributed by atoms with Crippen LogP contribution >= 0.6 is 0 Å². The number of aryl methyl sites for hydroxylation is 1. The van der Waals surface area contributed by atoms with E-state index in [-0.39, 0.29) is 0 Å². The summed E-state index contributed by atoms with van der Waals surface area (Å²) in [5, 5.41) is 0. The number of benzene rings is 1. The van der Waals surface area contributed by atoms with Gasteiger partial charge in [-0.25, -0.2) is 0 Å². The molecule has 2 aliphatic rings. The third-order valence-electron chi connectivity index (χ3n) is 3.26. The number of fused-ring (bicyclic) bond motifs is 2. The number of hydrogen-bond donors (Lipinski definition) is 0. The second kappa shape index (κ2) is 2.99. The van der Waals surface area contributed by atoms with Gasteiger partial charge in [-0.15, -0.1) is 0 Å². The van der Waals surface area contributed by atoms with Crippen LogP contribution in [-0.2, 0) is 17.6 Å². The molecule has 3 rings (SSSR count). The quantitative estimate of drug-likeness (QED) is 0.676. The Morgan fingerprint density at radius 2 is 2.21 bits per heavy atom. The second-order valence-electron chi connectivity index (χ2n) is 4.02. The Labute approximate surface area is 83.8 Å².